The molecule has 1 atom stereocenters. The predicted octanol–water partition coefficient (Wildman–Crippen LogP) is 3.07. The number of ether oxygens (including phenoxy) is 2. The highest BCUT2D eigenvalue weighted by molar-refractivity contribution is 5.46. The number of rotatable bonds is 6. The Morgan fingerprint density at radius 2 is 1.86 bits per heavy atom. The van der Waals surface area contributed by atoms with Gasteiger partial charge in [-0.2, -0.15) is 5.26 Å². The Balaban J connectivity index is 2.07. The van der Waals surface area contributed by atoms with Crippen molar-refractivity contribution in [2.75, 3.05) is 13.2 Å². The van der Waals surface area contributed by atoms with Gasteiger partial charge < -0.3 is 14.6 Å². The van der Waals surface area contributed by atoms with Crippen LogP contribution in [0.2, 0.25) is 0 Å². The zero-order valence-corrected chi connectivity index (χ0v) is 11.8. The van der Waals surface area contributed by atoms with Crippen molar-refractivity contribution in [1.82, 2.24) is 0 Å². The van der Waals surface area contributed by atoms with E-state index < -0.39 is 6.10 Å². The van der Waals surface area contributed by atoms with Gasteiger partial charge in [0.15, 0.2) is 11.5 Å². The Morgan fingerprint density at radius 3 is 2.52 bits per heavy atom. The zero-order chi connectivity index (χ0) is 15.1. The standard InChI is InChI=1S/C17H17NO3/c1-2-20-17-10-13(11-18)8-9-16(17)21-12-15(19)14-6-4-3-5-7-14/h3-10,15,19H,2,12H2,1H3. The summed E-state index contributed by atoms with van der Waals surface area (Å²) in [4.78, 5) is 0. The van der Waals surface area contributed by atoms with Crippen LogP contribution in [0.15, 0.2) is 48.5 Å². The molecule has 0 saturated carbocycles. The molecule has 0 spiro atoms. The van der Waals surface area contributed by atoms with Gasteiger partial charge in [0.05, 0.1) is 18.2 Å². The maximum atomic E-state index is 10.1. The van der Waals surface area contributed by atoms with Gasteiger partial charge in [-0.15, -0.1) is 0 Å². The van der Waals surface area contributed by atoms with Crippen molar-refractivity contribution in [2.24, 2.45) is 0 Å². The molecule has 4 nitrogen and oxygen atoms in total. The Bertz CT molecular complexity index is 620. The smallest absolute Gasteiger partial charge is 0.162 e. The highest BCUT2D eigenvalue weighted by atomic mass is 16.5. The molecule has 21 heavy (non-hydrogen) atoms. The number of nitriles is 1. The van der Waals surface area contributed by atoms with Crippen LogP contribution in [0.4, 0.5) is 0 Å². The molecule has 2 aromatic carbocycles. The lowest BCUT2D eigenvalue weighted by Gasteiger charge is -2.15. The molecule has 0 heterocycles. The van der Waals surface area contributed by atoms with Crippen LogP contribution in [0.3, 0.4) is 0 Å². The maximum Gasteiger partial charge on any atom is 0.162 e. The number of hydrogen-bond acceptors (Lipinski definition) is 4. The summed E-state index contributed by atoms with van der Waals surface area (Å²) in [5.41, 5.74) is 1.30. The van der Waals surface area contributed by atoms with E-state index in [2.05, 4.69) is 6.07 Å². The number of benzene rings is 2. The van der Waals surface area contributed by atoms with Gasteiger partial charge in [0.2, 0.25) is 0 Å². The van der Waals surface area contributed by atoms with Crippen LogP contribution in [0.5, 0.6) is 11.5 Å². The second kappa shape index (κ2) is 7.32. The van der Waals surface area contributed by atoms with Gasteiger partial charge in [0.25, 0.3) is 0 Å². The molecule has 0 fully saturated rings. The first kappa shape index (κ1) is 14.9. The minimum atomic E-state index is -0.712. The first-order valence-corrected chi connectivity index (χ1v) is 6.77. The molecule has 0 aliphatic heterocycles. The summed E-state index contributed by atoms with van der Waals surface area (Å²) in [6, 6.07) is 16.3. The third-order valence-corrected chi connectivity index (χ3v) is 2.95. The van der Waals surface area contributed by atoms with E-state index in [-0.39, 0.29) is 6.61 Å². The van der Waals surface area contributed by atoms with Crippen molar-refractivity contribution >= 4 is 0 Å². The fourth-order valence-corrected chi connectivity index (χ4v) is 1.91. The number of nitrogens with zero attached hydrogens (tertiary/aromatic N) is 1. The molecule has 2 aromatic rings. The first-order chi connectivity index (χ1) is 10.2. The molecule has 1 N–H and O–H groups in total. The molecule has 0 saturated heterocycles. The Kier molecular flexibility index (Phi) is 5.19. The number of aliphatic hydroxyl groups excluding tert-OH is 1. The maximum absolute atomic E-state index is 10.1. The third-order valence-electron chi connectivity index (χ3n) is 2.95. The van der Waals surface area contributed by atoms with E-state index in [0.717, 1.165) is 5.56 Å². The van der Waals surface area contributed by atoms with Gasteiger partial charge in [0, 0.05) is 6.07 Å². The quantitative estimate of drug-likeness (QED) is 0.885. The molecule has 0 bridgehead atoms. The normalized spacial score (nSPS) is 11.5. The van der Waals surface area contributed by atoms with Crippen LogP contribution in [-0.4, -0.2) is 18.3 Å². The topological polar surface area (TPSA) is 62.5 Å². The minimum absolute atomic E-state index is 0.121. The zero-order valence-electron chi connectivity index (χ0n) is 11.8. The molecular weight excluding hydrogens is 266 g/mol. The van der Waals surface area contributed by atoms with E-state index in [4.69, 9.17) is 14.7 Å². The highest BCUT2D eigenvalue weighted by Gasteiger charge is 2.11. The van der Waals surface area contributed by atoms with Crippen LogP contribution >= 0.6 is 0 Å². The summed E-state index contributed by atoms with van der Waals surface area (Å²) in [6.07, 6.45) is -0.712. The van der Waals surface area contributed by atoms with Crippen molar-refractivity contribution in [2.45, 2.75) is 13.0 Å². The van der Waals surface area contributed by atoms with Crippen LogP contribution in [0, 0.1) is 11.3 Å². The van der Waals surface area contributed by atoms with E-state index in [1.807, 2.05) is 37.3 Å². The molecular formula is C17H17NO3. The third kappa shape index (κ3) is 3.98. The number of aliphatic hydroxyl groups is 1. The lowest BCUT2D eigenvalue weighted by atomic mass is 10.1. The van der Waals surface area contributed by atoms with E-state index >= 15 is 0 Å². The first-order valence-electron chi connectivity index (χ1n) is 6.77. The lowest BCUT2D eigenvalue weighted by molar-refractivity contribution is 0.106. The van der Waals surface area contributed by atoms with Crippen molar-refractivity contribution in [3.05, 3.63) is 59.7 Å². The summed E-state index contributed by atoms with van der Waals surface area (Å²) < 4.78 is 11.1. The average molecular weight is 283 g/mol. The monoisotopic (exact) mass is 283 g/mol. The molecule has 0 amide bonds. The summed E-state index contributed by atoms with van der Waals surface area (Å²) in [5.74, 6) is 1.03. The lowest BCUT2D eigenvalue weighted by Crippen LogP contribution is -2.10. The van der Waals surface area contributed by atoms with E-state index in [9.17, 15) is 5.11 Å². The molecule has 0 aliphatic carbocycles. The predicted molar refractivity (Wildman–Crippen MR) is 79.2 cm³/mol. The molecule has 108 valence electrons. The van der Waals surface area contributed by atoms with E-state index in [0.29, 0.717) is 23.7 Å². The van der Waals surface area contributed by atoms with Gasteiger partial charge in [-0.3, -0.25) is 0 Å². The van der Waals surface area contributed by atoms with Gasteiger partial charge in [-0.25, -0.2) is 0 Å². The molecule has 0 aromatic heterocycles. The summed E-state index contributed by atoms with van der Waals surface area (Å²) in [6.45, 7) is 2.46. The van der Waals surface area contributed by atoms with Crippen LogP contribution in [-0.2, 0) is 0 Å². The second-order valence-electron chi connectivity index (χ2n) is 4.44. The Hall–Kier alpha value is -2.51. The Labute approximate surface area is 124 Å². The van der Waals surface area contributed by atoms with Crippen molar-refractivity contribution < 1.29 is 14.6 Å². The van der Waals surface area contributed by atoms with Crippen LogP contribution in [0.1, 0.15) is 24.2 Å². The van der Waals surface area contributed by atoms with E-state index in [1.165, 1.54) is 0 Å². The molecule has 2 rings (SSSR count). The number of hydrogen-bond donors (Lipinski definition) is 1. The van der Waals surface area contributed by atoms with Gasteiger partial charge >= 0.3 is 0 Å². The van der Waals surface area contributed by atoms with Gasteiger partial charge in [-0.05, 0) is 24.6 Å². The summed E-state index contributed by atoms with van der Waals surface area (Å²) >= 11 is 0. The minimum Gasteiger partial charge on any atom is -0.490 e. The van der Waals surface area contributed by atoms with Crippen molar-refractivity contribution in [1.29, 1.82) is 5.26 Å². The average Bonchev–Trinajstić information content (AvgIpc) is 2.54. The van der Waals surface area contributed by atoms with Crippen LogP contribution in [0.25, 0.3) is 0 Å². The Morgan fingerprint density at radius 1 is 1.10 bits per heavy atom. The summed E-state index contributed by atoms with van der Waals surface area (Å²) in [7, 11) is 0. The van der Waals surface area contributed by atoms with Gasteiger partial charge in [-0.1, -0.05) is 30.3 Å². The van der Waals surface area contributed by atoms with Crippen molar-refractivity contribution in [3.8, 4) is 17.6 Å². The van der Waals surface area contributed by atoms with Gasteiger partial charge in [0.1, 0.15) is 12.7 Å². The molecule has 0 aliphatic rings. The SMILES string of the molecule is CCOc1cc(C#N)ccc1OCC(O)c1ccccc1. The fraction of sp³-hybridized carbons (Fsp3) is 0.235. The summed E-state index contributed by atoms with van der Waals surface area (Å²) in [5, 5.41) is 19.0. The highest BCUT2D eigenvalue weighted by Crippen LogP contribution is 2.29. The second-order valence-corrected chi connectivity index (χ2v) is 4.44. The fourth-order valence-electron chi connectivity index (χ4n) is 1.91. The van der Waals surface area contributed by atoms with E-state index in [1.54, 1.807) is 18.2 Å². The van der Waals surface area contributed by atoms with Crippen molar-refractivity contribution in [3.63, 3.8) is 0 Å². The molecule has 1 unspecified atom stereocenters. The molecule has 0 radical (unpaired) electrons. The largest absolute Gasteiger partial charge is 0.490 e. The molecule has 4 heteroatoms. The van der Waals surface area contributed by atoms with Crippen LogP contribution < -0.4 is 9.47 Å².